The molecule has 1 aliphatic rings. The topological polar surface area (TPSA) is 125 Å². The van der Waals surface area contributed by atoms with Gasteiger partial charge in [-0.15, -0.1) is 0 Å². The standard InChI is InChI=1S/C16H24FN3O6S2/c1-16(2,3)26-15(22)20-9-12(13(21)10-20)18-28(24,25)19-27(4,23)14-8-6-5-7-11(14)17/h5-8,12-13,18,21H,9-10H2,1-4H3/t12-,13+,27?/m0/s1. The maximum absolute atomic E-state index is 13.9. The van der Waals surface area contributed by atoms with Crippen molar-refractivity contribution in [2.45, 2.75) is 43.4 Å². The Labute approximate surface area is 164 Å². The van der Waals surface area contributed by atoms with E-state index in [1.165, 1.54) is 18.2 Å². The van der Waals surface area contributed by atoms with Crippen LogP contribution < -0.4 is 4.72 Å². The van der Waals surface area contributed by atoms with Gasteiger partial charge in [-0.05, 0) is 32.9 Å². The van der Waals surface area contributed by atoms with E-state index in [4.69, 9.17) is 4.74 Å². The zero-order valence-electron chi connectivity index (χ0n) is 16.0. The third kappa shape index (κ3) is 5.87. The number of benzene rings is 1. The van der Waals surface area contributed by atoms with E-state index in [1.54, 1.807) is 20.8 Å². The Hall–Kier alpha value is -1.76. The molecule has 158 valence electrons. The van der Waals surface area contributed by atoms with Gasteiger partial charge in [0.2, 0.25) is 0 Å². The van der Waals surface area contributed by atoms with Crippen molar-refractivity contribution in [3.8, 4) is 0 Å². The molecule has 1 fully saturated rings. The molecule has 12 heteroatoms. The Kier molecular flexibility index (Phi) is 6.38. The van der Waals surface area contributed by atoms with Crippen molar-refractivity contribution in [2.24, 2.45) is 3.77 Å². The smallest absolute Gasteiger partial charge is 0.410 e. The molecule has 1 aliphatic heterocycles. The molecule has 0 saturated carbocycles. The fourth-order valence-electron chi connectivity index (χ4n) is 2.57. The van der Waals surface area contributed by atoms with Gasteiger partial charge in [-0.3, -0.25) is 0 Å². The Morgan fingerprint density at radius 2 is 1.89 bits per heavy atom. The van der Waals surface area contributed by atoms with Crippen molar-refractivity contribution in [2.75, 3.05) is 19.3 Å². The number of rotatable bonds is 4. The average Bonchev–Trinajstić information content (AvgIpc) is 2.85. The summed E-state index contributed by atoms with van der Waals surface area (Å²) in [7, 11) is -8.11. The maximum atomic E-state index is 13.9. The van der Waals surface area contributed by atoms with E-state index >= 15 is 0 Å². The molecule has 0 bridgehead atoms. The first kappa shape index (κ1) is 22.5. The zero-order valence-corrected chi connectivity index (χ0v) is 17.6. The fraction of sp³-hybridized carbons (Fsp3) is 0.562. The van der Waals surface area contributed by atoms with Crippen molar-refractivity contribution >= 4 is 26.0 Å². The normalized spacial score (nSPS) is 22.6. The summed E-state index contributed by atoms with van der Waals surface area (Å²) in [6.45, 7) is 4.73. The highest BCUT2D eigenvalue weighted by Gasteiger charge is 2.38. The van der Waals surface area contributed by atoms with Crippen molar-refractivity contribution in [1.82, 2.24) is 9.62 Å². The SMILES string of the molecule is CC(C)(C)OC(=O)N1C[C@@H](O)[C@@H](NS(=O)(=O)N=S(C)(=O)c2ccccc2F)C1. The molecular weight excluding hydrogens is 413 g/mol. The fourth-order valence-corrected chi connectivity index (χ4v) is 5.94. The summed E-state index contributed by atoms with van der Waals surface area (Å²) in [6, 6.07) is 3.95. The Balaban J connectivity index is 2.17. The van der Waals surface area contributed by atoms with Crippen LogP contribution in [0.5, 0.6) is 0 Å². The summed E-state index contributed by atoms with van der Waals surface area (Å²) in [4.78, 5) is 12.9. The summed E-state index contributed by atoms with van der Waals surface area (Å²) in [6.07, 6.45) is -0.905. The maximum Gasteiger partial charge on any atom is 0.410 e. The number of aliphatic hydroxyl groups excluding tert-OH is 1. The van der Waals surface area contributed by atoms with E-state index in [0.717, 1.165) is 17.2 Å². The van der Waals surface area contributed by atoms with Gasteiger partial charge >= 0.3 is 16.3 Å². The third-order valence-corrected chi connectivity index (χ3v) is 7.40. The van der Waals surface area contributed by atoms with Crippen LogP contribution in [0.4, 0.5) is 9.18 Å². The lowest BCUT2D eigenvalue weighted by Crippen LogP contribution is -2.42. The minimum atomic E-state index is -4.51. The minimum Gasteiger partial charge on any atom is -0.444 e. The van der Waals surface area contributed by atoms with Crippen molar-refractivity contribution < 1.29 is 31.7 Å². The van der Waals surface area contributed by atoms with E-state index in [2.05, 4.69) is 8.49 Å². The molecular formula is C16H24FN3O6S2. The van der Waals surface area contributed by atoms with Gasteiger partial charge < -0.3 is 14.7 Å². The van der Waals surface area contributed by atoms with E-state index < -0.39 is 49.6 Å². The zero-order chi connectivity index (χ0) is 21.3. The number of β-amino-alcohol motifs (C(OH)–C–C–N with tert-alkyl or cyclic N) is 1. The molecule has 0 aromatic heterocycles. The molecule has 1 aromatic rings. The summed E-state index contributed by atoms with van der Waals surface area (Å²) >= 11 is 0. The lowest BCUT2D eigenvalue weighted by atomic mass is 10.2. The quantitative estimate of drug-likeness (QED) is 0.727. The molecule has 2 rings (SSSR count). The van der Waals surface area contributed by atoms with Crippen LogP contribution in [-0.2, 0) is 24.7 Å². The summed E-state index contributed by atoms with van der Waals surface area (Å²) in [5.41, 5.74) is -0.748. The third-order valence-electron chi connectivity index (χ3n) is 3.73. The Bertz CT molecular complexity index is 967. The minimum absolute atomic E-state index is 0.142. The predicted molar refractivity (Wildman–Crippen MR) is 101 cm³/mol. The lowest BCUT2D eigenvalue weighted by Gasteiger charge is -2.24. The van der Waals surface area contributed by atoms with Crippen LogP contribution in [0, 0.1) is 5.82 Å². The molecule has 0 radical (unpaired) electrons. The summed E-state index contributed by atoms with van der Waals surface area (Å²) < 4.78 is 61.7. The van der Waals surface area contributed by atoms with Gasteiger partial charge in [0.25, 0.3) is 0 Å². The number of amides is 1. The van der Waals surface area contributed by atoms with Gasteiger partial charge in [0.05, 0.1) is 33.3 Å². The molecule has 0 spiro atoms. The molecule has 0 aliphatic carbocycles. The number of carbonyl (C=O) groups excluding carboxylic acids is 1. The van der Waals surface area contributed by atoms with Crippen LogP contribution in [0.15, 0.2) is 32.9 Å². The number of nitrogens with zero attached hydrogens (tertiary/aromatic N) is 2. The highest BCUT2D eigenvalue weighted by Crippen LogP contribution is 2.19. The van der Waals surface area contributed by atoms with Crippen LogP contribution in [-0.4, -0.2) is 65.8 Å². The first-order chi connectivity index (χ1) is 12.7. The molecule has 28 heavy (non-hydrogen) atoms. The first-order valence-electron chi connectivity index (χ1n) is 8.36. The largest absolute Gasteiger partial charge is 0.444 e. The summed E-state index contributed by atoms with van der Waals surface area (Å²) in [5, 5.41) is 10.1. The van der Waals surface area contributed by atoms with Crippen LogP contribution >= 0.6 is 0 Å². The van der Waals surface area contributed by atoms with Crippen molar-refractivity contribution in [3.05, 3.63) is 30.1 Å². The summed E-state index contributed by atoms with van der Waals surface area (Å²) in [5.74, 6) is -0.842. The van der Waals surface area contributed by atoms with Gasteiger partial charge in [-0.2, -0.15) is 13.1 Å². The number of halogens is 1. The van der Waals surface area contributed by atoms with Crippen LogP contribution in [0.25, 0.3) is 0 Å². The molecule has 1 amide bonds. The number of ether oxygens (including phenoxy) is 1. The molecule has 1 unspecified atom stereocenters. The number of likely N-dealkylation sites (tertiary alicyclic amines) is 1. The van der Waals surface area contributed by atoms with Crippen molar-refractivity contribution in [3.63, 3.8) is 0 Å². The number of hydrogen-bond acceptors (Lipinski definition) is 6. The van der Waals surface area contributed by atoms with E-state index in [1.807, 2.05) is 0 Å². The predicted octanol–water partition coefficient (Wildman–Crippen LogP) is 1.10. The second-order valence-electron chi connectivity index (χ2n) is 7.46. The number of hydrogen-bond donors (Lipinski definition) is 2. The van der Waals surface area contributed by atoms with Crippen molar-refractivity contribution in [1.29, 1.82) is 0 Å². The van der Waals surface area contributed by atoms with Crippen LogP contribution in [0.1, 0.15) is 20.8 Å². The molecule has 1 aromatic carbocycles. The molecule has 3 atom stereocenters. The van der Waals surface area contributed by atoms with Gasteiger partial charge in [0, 0.05) is 12.8 Å². The lowest BCUT2D eigenvalue weighted by molar-refractivity contribution is 0.0270. The van der Waals surface area contributed by atoms with E-state index in [9.17, 15) is 26.9 Å². The van der Waals surface area contributed by atoms with Gasteiger partial charge in [-0.25, -0.2) is 13.4 Å². The molecule has 9 nitrogen and oxygen atoms in total. The Morgan fingerprint density at radius 3 is 2.46 bits per heavy atom. The highest BCUT2D eigenvalue weighted by molar-refractivity contribution is 8.02. The monoisotopic (exact) mass is 437 g/mol. The van der Waals surface area contributed by atoms with E-state index in [0.29, 0.717) is 0 Å². The van der Waals surface area contributed by atoms with Gasteiger partial charge in [-0.1, -0.05) is 15.9 Å². The molecule has 1 saturated heterocycles. The van der Waals surface area contributed by atoms with Gasteiger partial charge in [0.1, 0.15) is 11.4 Å². The molecule has 1 heterocycles. The van der Waals surface area contributed by atoms with E-state index in [-0.39, 0.29) is 18.0 Å². The van der Waals surface area contributed by atoms with Crippen LogP contribution in [0.2, 0.25) is 0 Å². The number of nitrogens with one attached hydrogen (secondary N) is 1. The second-order valence-corrected chi connectivity index (χ2v) is 11.3. The number of carbonyl (C=O) groups is 1. The highest BCUT2D eigenvalue weighted by atomic mass is 32.3. The Morgan fingerprint density at radius 1 is 1.29 bits per heavy atom. The first-order valence-corrected chi connectivity index (χ1v) is 11.7. The second kappa shape index (κ2) is 7.93. The van der Waals surface area contributed by atoms with Gasteiger partial charge in [0.15, 0.2) is 0 Å². The molecule has 2 N–H and O–H groups in total. The van der Waals surface area contributed by atoms with Crippen LogP contribution in [0.3, 0.4) is 0 Å². The number of aliphatic hydroxyl groups is 1. The average molecular weight is 438 g/mol.